The molecule has 26 heavy (non-hydrogen) atoms. The second-order valence-corrected chi connectivity index (χ2v) is 7.14. The lowest BCUT2D eigenvalue weighted by Gasteiger charge is -2.24. The molecule has 3 aromatic rings. The van der Waals surface area contributed by atoms with E-state index in [-0.39, 0.29) is 17.9 Å². The highest BCUT2D eigenvalue weighted by Crippen LogP contribution is 2.31. The van der Waals surface area contributed by atoms with Crippen molar-refractivity contribution < 1.29 is 5.48 Å². The molecular weight excluding hydrogens is 346 g/mol. The molecule has 0 amide bonds. The number of likely N-dealkylation sites (N-methyl/N-ethyl adjacent to an activating group) is 1. The van der Waals surface area contributed by atoms with Gasteiger partial charge in [0.25, 0.3) is 0 Å². The van der Waals surface area contributed by atoms with Gasteiger partial charge < -0.3 is 14.9 Å². The summed E-state index contributed by atoms with van der Waals surface area (Å²) in [4.78, 5) is 6.86. The highest BCUT2D eigenvalue weighted by atomic mass is 35.5. The van der Waals surface area contributed by atoms with Crippen LogP contribution < -0.4 is 0 Å². The molecule has 2 N–H and O–H groups in total. The first-order valence-electron chi connectivity index (χ1n) is 8.82. The molecule has 1 aromatic carbocycles. The number of rotatable bonds is 3. The molecule has 3 heterocycles. The van der Waals surface area contributed by atoms with Gasteiger partial charge in [-0.2, -0.15) is 0 Å². The molecule has 1 aliphatic heterocycles. The van der Waals surface area contributed by atoms with Crippen LogP contribution in [-0.2, 0) is 25.9 Å². The van der Waals surface area contributed by atoms with Crippen LogP contribution in [0.15, 0.2) is 36.5 Å². The van der Waals surface area contributed by atoms with Gasteiger partial charge in [-0.3, -0.25) is 4.98 Å². The van der Waals surface area contributed by atoms with Gasteiger partial charge in [0, 0.05) is 54.5 Å². The minimum Gasteiger partial charge on any atom is -0.412 e. The van der Waals surface area contributed by atoms with Crippen molar-refractivity contribution in [3.8, 4) is 0 Å². The third-order valence-corrected chi connectivity index (χ3v) is 5.20. The van der Waals surface area contributed by atoms with E-state index in [4.69, 9.17) is 0 Å². The van der Waals surface area contributed by atoms with Gasteiger partial charge in [0.05, 0.1) is 0 Å². The predicted octanol–water partition coefficient (Wildman–Crippen LogP) is 3.48. The Morgan fingerprint density at radius 2 is 1.92 bits per heavy atom. The van der Waals surface area contributed by atoms with Crippen LogP contribution in [0.1, 0.15) is 28.1 Å². The van der Waals surface area contributed by atoms with E-state index >= 15 is 0 Å². The Kier molecular flexibility index (Phi) is 6.45. The third-order valence-electron chi connectivity index (χ3n) is 5.20. The number of benzene rings is 1. The summed E-state index contributed by atoms with van der Waals surface area (Å²) in [5, 5.41) is 1.44. The van der Waals surface area contributed by atoms with Crippen LogP contribution in [0.25, 0.3) is 10.9 Å². The largest absolute Gasteiger partial charge is 0.412 e. The molecule has 0 saturated carbocycles. The summed E-state index contributed by atoms with van der Waals surface area (Å²) in [6.45, 7) is 7.47. The van der Waals surface area contributed by atoms with Crippen molar-refractivity contribution >= 4 is 23.3 Å². The number of hydrogen-bond donors (Lipinski definition) is 0. The second kappa shape index (κ2) is 8.21. The summed E-state index contributed by atoms with van der Waals surface area (Å²) in [7, 11) is 2.22. The van der Waals surface area contributed by atoms with Gasteiger partial charge in [0.1, 0.15) is 0 Å². The first-order valence-corrected chi connectivity index (χ1v) is 8.82. The van der Waals surface area contributed by atoms with Crippen molar-refractivity contribution in [1.29, 1.82) is 0 Å². The number of halogens is 1. The molecule has 0 unspecified atom stereocenters. The molecule has 1 aliphatic rings. The summed E-state index contributed by atoms with van der Waals surface area (Å²) in [6, 6.07) is 11.2. The first-order chi connectivity index (χ1) is 11.6. The average molecular weight is 374 g/mol. The van der Waals surface area contributed by atoms with Gasteiger partial charge in [-0.15, -0.1) is 12.4 Å². The van der Waals surface area contributed by atoms with Gasteiger partial charge in [0.2, 0.25) is 0 Å². The van der Waals surface area contributed by atoms with E-state index in [1.54, 1.807) is 0 Å². The van der Waals surface area contributed by atoms with Gasteiger partial charge in [-0.25, -0.2) is 0 Å². The smallest absolute Gasteiger partial charge is 0.0486 e. The first kappa shape index (κ1) is 20.4. The number of hydrogen-bond acceptors (Lipinski definition) is 2. The Balaban J connectivity index is 0.00000121. The Morgan fingerprint density at radius 1 is 1.12 bits per heavy atom. The fourth-order valence-corrected chi connectivity index (χ4v) is 3.84. The summed E-state index contributed by atoms with van der Waals surface area (Å²) >= 11 is 0. The molecule has 0 aliphatic carbocycles. The zero-order valence-corrected chi connectivity index (χ0v) is 16.6. The van der Waals surface area contributed by atoms with Crippen LogP contribution in [0.2, 0.25) is 0 Å². The van der Waals surface area contributed by atoms with Crippen LogP contribution in [0.3, 0.4) is 0 Å². The van der Waals surface area contributed by atoms with Crippen molar-refractivity contribution in [2.45, 2.75) is 39.8 Å². The maximum Gasteiger partial charge on any atom is 0.0486 e. The lowest BCUT2D eigenvalue weighted by atomic mass is 10.0. The maximum absolute atomic E-state index is 4.43. The van der Waals surface area contributed by atoms with Crippen LogP contribution >= 0.6 is 12.4 Å². The maximum atomic E-state index is 4.43. The molecule has 0 radical (unpaired) electrons. The molecule has 4 nitrogen and oxygen atoms in total. The average Bonchev–Trinajstić information content (AvgIpc) is 2.87. The van der Waals surface area contributed by atoms with Crippen LogP contribution in [0.5, 0.6) is 0 Å². The summed E-state index contributed by atoms with van der Waals surface area (Å²) in [5.41, 5.74) is 8.20. The highest BCUT2D eigenvalue weighted by Gasteiger charge is 2.22. The van der Waals surface area contributed by atoms with Crippen LogP contribution in [-0.4, -0.2) is 33.5 Å². The molecular formula is C21H28ClN3O. The van der Waals surface area contributed by atoms with E-state index < -0.39 is 0 Å². The molecule has 0 fully saturated rings. The number of aryl methyl sites for hydroxylation is 4. The lowest BCUT2D eigenvalue weighted by molar-refractivity contribution is 0.309. The number of fused-ring (bicyclic) bond motifs is 3. The van der Waals surface area contributed by atoms with Crippen LogP contribution in [0.4, 0.5) is 0 Å². The molecule has 0 bridgehead atoms. The zero-order valence-electron chi connectivity index (χ0n) is 15.7. The van der Waals surface area contributed by atoms with Gasteiger partial charge in [0.15, 0.2) is 0 Å². The fourth-order valence-electron chi connectivity index (χ4n) is 3.84. The van der Waals surface area contributed by atoms with Gasteiger partial charge in [-0.1, -0.05) is 17.7 Å². The third kappa shape index (κ3) is 3.78. The molecule has 0 saturated heterocycles. The van der Waals surface area contributed by atoms with Crippen molar-refractivity contribution in [3.63, 3.8) is 0 Å². The topological polar surface area (TPSA) is 52.6 Å². The van der Waals surface area contributed by atoms with Crippen LogP contribution in [0, 0.1) is 13.8 Å². The SMILES string of the molecule is Cc1ccc2c(c1)c1c(n2CCc2ccc(C)nc2)CCN(C)C1.Cl.O. The fraction of sp³-hybridized carbons (Fsp3) is 0.381. The summed E-state index contributed by atoms with van der Waals surface area (Å²) in [6.07, 6.45) is 4.20. The number of nitrogens with zero attached hydrogens (tertiary/aromatic N) is 3. The van der Waals surface area contributed by atoms with Crippen molar-refractivity contribution in [3.05, 3.63) is 64.6 Å². The van der Waals surface area contributed by atoms with E-state index in [0.29, 0.717) is 0 Å². The molecule has 0 atom stereocenters. The quantitative estimate of drug-likeness (QED) is 0.705. The zero-order chi connectivity index (χ0) is 16.7. The normalized spacial score (nSPS) is 13.8. The summed E-state index contributed by atoms with van der Waals surface area (Å²) < 4.78 is 2.55. The minimum atomic E-state index is 0. The van der Waals surface area contributed by atoms with Gasteiger partial charge >= 0.3 is 0 Å². The number of aromatic nitrogens is 2. The Morgan fingerprint density at radius 3 is 2.65 bits per heavy atom. The second-order valence-electron chi connectivity index (χ2n) is 7.14. The minimum absolute atomic E-state index is 0. The molecule has 2 aromatic heterocycles. The molecule has 140 valence electrons. The highest BCUT2D eigenvalue weighted by molar-refractivity contribution is 5.86. The van der Waals surface area contributed by atoms with Gasteiger partial charge in [-0.05, 0) is 56.6 Å². The lowest BCUT2D eigenvalue weighted by Crippen LogP contribution is -2.27. The van der Waals surface area contributed by atoms with E-state index in [2.05, 4.69) is 58.8 Å². The van der Waals surface area contributed by atoms with Crippen molar-refractivity contribution in [2.75, 3.05) is 13.6 Å². The van der Waals surface area contributed by atoms with E-state index in [1.807, 2.05) is 13.1 Å². The van der Waals surface area contributed by atoms with Crippen molar-refractivity contribution in [2.24, 2.45) is 0 Å². The summed E-state index contributed by atoms with van der Waals surface area (Å²) in [5.74, 6) is 0. The number of pyridine rings is 1. The standard InChI is InChI=1S/C21H25N3.ClH.H2O/c1-15-4-7-20-18(12-15)19-14-23(3)10-9-21(19)24(20)11-8-17-6-5-16(2)22-13-17;;/h4-7,12-13H,8-11,14H2,1-3H3;1H;1H2. The Labute approximate surface area is 161 Å². The van der Waals surface area contributed by atoms with E-state index in [1.165, 1.54) is 33.3 Å². The molecule has 5 heteroatoms. The van der Waals surface area contributed by atoms with Crippen molar-refractivity contribution in [1.82, 2.24) is 14.5 Å². The predicted molar refractivity (Wildman–Crippen MR) is 110 cm³/mol. The molecule has 0 spiro atoms. The Bertz CT molecular complexity index is 886. The van der Waals surface area contributed by atoms with E-state index in [0.717, 1.165) is 38.2 Å². The van der Waals surface area contributed by atoms with E-state index in [9.17, 15) is 0 Å². The Hall–Kier alpha value is -1.88. The molecule has 4 rings (SSSR count). The monoisotopic (exact) mass is 373 g/mol.